The second-order valence-electron chi connectivity index (χ2n) is 4.41. The predicted molar refractivity (Wildman–Crippen MR) is 83.9 cm³/mol. The first-order valence-corrected chi connectivity index (χ1v) is 7.18. The van der Waals surface area contributed by atoms with Crippen LogP contribution in [-0.2, 0) is 11.8 Å². The van der Waals surface area contributed by atoms with Gasteiger partial charge in [-0.3, -0.25) is 0 Å². The lowest BCUT2D eigenvalue weighted by Gasteiger charge is -2.18. The van der Waals surface area contributed by atoms with Crippen molar-refractivity contribution in [1.29, 1.82) is 0 Å². The smallest absolute Gasteiger partial charge is 0.408 e. The van der Waals surface area contributed by atoms with Gasteiger partial charge in [-0.05, 0) is 17.7 Å². The van der Waals surface area contributed by atoms with Crippen LogP contribution in [0.2, 0.25) is 0 Å². The number of hydrogen-bond donors (Lipinski definition) is 1. The lowest BCUT2D eigenvalue weighted by atomic mass is 10.1. The van der Waals surface area contributed by atoms with Crippen LogP contribution in [0.1, 0.15) is 17.4 Å². The van der Waals surface area contributed by atoms with Gasteiger partial charge in [-0.2, -0.15) is 0 Å². The van der Waals surface area contributed by atoms with Gasteiger partial charge in [0.25, 0.3) is 0 Å². The van der Waals surface area contributed by atoms with E-state index in [4.69, 9.17) is 4.74 Å². The number of halogens is 1. The highest BCUT2D eigenvalue weighted by atomic mass is 79.9. The van der Waals surface area contributed by atoms with E-state index in [-0.39, 0.29) is 12.6 Å². The lowest BCUT2D eigenvalue weighted by Crippen LogP contribution is -2.31. The third-order valence-corrected chi connectivity index (χ3v) is 3.44. The molecule has 0 bridgehead atoms. The van der Waals surface area contributed by atoms with Crippen LogP contribution in [0.3, 0.4) is 0 Å². The molecule has 0 aliphatic heterocycles. The van der Waals surface area contributed by atoms with Crippen molar-refractivity contribution in [3.8, 4) is 0 Å². The minimum atomic E-state index is -0.509. The number of carbonyl (C=O) groups is 1. The molecular formula is C15H16BrN3O2. The fourth-order valence-electron chi connectivity index (χ4n) is 1.90. The van der Waals surface area contributed by atoms with E-state index >= 15 is 0 Å². The third kappa shape index (κ3) is 3.95. The summed E-state index contributed by atoms with van der Waals surface area (Å²) >= 11 is 3.40. The number of hydrogen-bond acceptors (Lipinski definition) is 3. The molecule has 1 heterocycles. The molecule has 21 heavy (non-hydrogen) atoms. The molecule has 2 aromatic rings. The molecule has 0 aliphatic carbocycles. The first-order valence-electron chi connectivity index (χ1n) is 6.38. The average molecular weight is 350 g/mol. The third-order valence-electron chi connectivity index (χ3n) is 2.91. The van der Waals surface area contributed by atoms with Crippen LogP contribution in [0.5, 0.6) is 0 Å². The molecule has 110 valence electrons. The number of carbonyl (C=O) groups excluding carboxylic acids is 1. The van der Waals surface area contributed by atoms with Crippen LogP contribution in [-0.4, -0.2) is 22.3 Å². The minimum absolute atomic E-state index is 0.166. The van der Waals surface area contributed by atoms with Gasteiger partial charge < -0.3 is 14.6 Å². The molecule has 0 saturated heterocycles. The van der Waals surface area contributed by atoms with Crippen molar-refractivity contribution >= 4 is 22.0 Å². The number of nitrogens with one attached hydrogen (secondary N) is 1. The first-order chi connectivity index (χ1) is 10.1. The largest absolute Gasteiger partial charge is 0.445 e. The van der Waals surface area contributed by atoms with Crippen molar-refractivity contribution in [3.63, 3.8) is 0 Å². The lowest BCUT2D eigenvalue weighted by molar-refractivity contribution is 0.155. The van der Waals surface area contributed by atoms with E-state index in [1.54, 1.807) is 6.20 Å². The van der Waals surface area contributed by atoms with Crippen molar-refractivity contribution in [2.24, 2.45) is 7.05 Å². The van der Waals surface area contributed by atoms with Crippen LogP contribution in [0.4, 0.5) is 4.79 Å². The molecule has 1 aromatic carbocycles. The highest BCUT2D eigenvalue weighted by Crippen LogP contribution is 2.22. The van der Waals surface area contributed by atoms with Gasteiger partial charge in [0.15, 0.2) is 0 Å². The van der Waals surface area contributed by atoms with E-state index in [0.717, 1.165) is 15.9 Å². The van der Waals surface area contributed by atoms with E-state index in [0.29, 0.717) is 0 Å². The molecule has 1 unspecified atom stereocenters. The van der Waals surface area contributed by atoms with Crippen LogP contribution in [0.25, 0.3) is 0 Å². The number of aryl methyl sites for hydroxylation is 1. The zero-order chi connectivity index (χ0) is 15.2. The SMILES string of the molecule is C=CCOC(=O)NC(c1ccc(Br)cc1)c1nccn1C. The number of imidazole rings is 1. The molecule has 6 heteroatoms. The molecule has 5 nitrogen and oxygen atoms in total. The topological polar surface area (TPSA) is 56.1 Å². The first kappa shape index (κ1) is 15.3. The van der Waals surface area contributed by atoms with Gasteiger partial charge in [-0.15, -0.1) is 0 Å². The molecule has 1 aromatic heterocycles. The Morgan fingerprint density at radius 3 is 2.81 bits per heavy atom. The standard InChI is InChI=1S/C15H16BrN3O2/c1-3-10-21-15(20)18-13(14-17-8-9-19(14)2)11-4-6-12(16)7-5-11/h3-9,13H,1,10H2,2H3,(H,18,20). The van der Waals surface area contributed by atoms with Crippen molar-refractivity contribution in [3.05, 3.63) is 65.2 Å². The number of ether oxygens (including phenoxy) is 1. The van der Waals surface area contributed by atoms with Gasteiger partial charge in [0, 0.05) is 23.9 Å². The Morgan fingerprint density at radius 1 is 1.52 bits per heavy atom. The Bertz CT molecular complexity index is 622. The van der Waals surface area contributed by atoms with E-state index in [1.165, 1.54) is 6.08 Å². The average Bonchev–Trinajstić information content (AvgIpc) is 2.89. The van der Waals surface area contributed by atoms with Crippen LogP contribution in [0.15, 0.2) is 53.8 Å². The maximum atomic E-state index is 11.8. The van der Waals surface area contributed by atoms with E-state index in [2.05, 4.69) is 32.8 Å². The fraction of sp³-hybridized carbons (Fsp3) is 0.200. The van der Waals surface area contributed by atoms with Crippen LogP contribution >= 0.6 is 15.9 Å². The molecule has 2 rings (SSSR count). The number of rotatable bonds is 5. The molecule has 0 aliphatic rings. The van der Waals surface area contributed by atoms with Crippen molar-refractivity contribution in [1.82, 2.24) is 14.9 Å². The van der Waals surface area contributed by atoms with Crippen LogP contribution < -0.4 is 5.32 Å². The molecule has 0 fully saturated rings. The summed E-state index contributed by atoms with van der Waals surface area (Å²) in [6, 6.07) is 7.31. The number of nitrogens with zero attached hydrogens (tertiary/aromatic N) is 2. The summed E-state index contributed by atoms with van der Waals surface area (Å²) in [6.45, 7) is 3.68. The second kappa shape index (κ2) is 7.08. The van der Waals surface area contributed by atoms with Gasteiger partial charge in [-0.1, -0.05) is 40.7 Å². The summed E-state index contributed by atoms with van der Waals surface area (Å²) in [5, 5.41) is 2.82. The number of alkyl carbamates (subject to hydrolysis) is 1. The molecule has 0 saturated carbocycles. The molecule has 1 amide bonds. The molecular weight excluding hydrogens is 334 g/mol. The summed E-state index contributed by atoms with van der Waals surface area (Å²) in [7, 11) is 1.88. The molecule has 1 atom stereocenters. The Hall–Kier alpha value is -2.08. The molecule has 0 radical (unpaired) electrons. The van der Waals surface area contributed by atoms with Crippen LogP contribution in [0, 0.1) is 0 Å². The van der Waals surface area contributed by atoms with Gasteiger partial charge in [0.1, 0.15) is 18.5 Å². The zero-order valence-electron chi connectivity index (χ0n) is 11.6. The predicted octanol–water partition coefficient (Wildman–Crippen LogP) is 3.18. The second-order valence-corrected chi connectivity index (χ2v) is 5.33. The molecule has 1 N–H and O–H groups in total. The Balaban J connectivity index is 2.26. The van der Waals surface area contributed by atoms with Crippen molar-refractivity contribution in [2.75, 3.05) is 6.61 Å². The fourth-order valence-corrected chi connectivity index (χ4v) is 2.17. The summed E-state index contributed by atoms with van der Waals surface area (Å²) < 4.78 is 7.82. The Kier molecular flexibility index (Phi) is 5.16. The van der Waals surface area contributed by atoms with E-state index in [9.17, 15) is 4.79 Å². The van der Waals surface area contributed by atoms with Gasteiger partial charge in [0.2, 0.25) is 0 Å². The zero-order valence-corrected chi connectivity index (χ0v) is 13.2. The highest BCUT2D eigenvalue weighted by molar-refractivity contribution is 9.10. The minimum Gasteiger partial charge on any atom is -0.445 e. The normalized spacial score (nSPS) is 11.7. The van der Waals surface area contributed by atoms with Gasteiger partial charge in [0.05, 0.1) is 0 Å². The van der Waals surface area contributed by atoms with Crippen molar-refractivity contribution in [2.45, 2.75) is 6.04 Å². The summed E-state index contributed by atoms with van der Waals surface area (Å²) in [5.41, 5.74) is 0.919. The number of benzene rings is 1. The Morgan fingerprint density at radius 2 is 2.24 bits per heavy atom. The maximum absolute atomic E-state index is 11.8. The molecule has 0 spiro atoms. The van der Waals surface area contributed by atoms with Crippen molar-refractivity contribution < 1.29 is 9.53 Å². The van der Waals surface area contributed by atoms with Gasteiger partial charge in [-0.25, -0.2) is 9.78 Å². The summed E-state index contributed by atoms with van der Waals surface area (Å²) in [6.07, 6.45) is 4.54. The number of amides is 1. The van der Waals surface area contributed by atoms with E-state index in [1.807, 2.05) is 42.1 Å². The maximum Gasteiger partial charge on any atom is 0.408 e. The monoisotopic (exact) mass is 349 g/mol. The highest BCUT2D eigenvalue weighted by Gasteiger charge is 2.21. The van der Waals surface area contributed by atoms with Gasteiger partial charge >= 0.3 is 6.09 Å². The Labute approximate surface area is 131 Å². The summed E-state index contributed by atoms with van der Waals surface area (Å²) in [4.78, 5) is 16.1. The van der Waals surface area contributed by atoms with E-state index < -0.39 is 6.09 Å². The quantitative estimate of drug-likeness (QED) is 0.843. The number of aromatic nitrogens is 2. The summed E-state index contributed by atoms with van der Waals surface area (Å²) in [5.74, 6) is 0.730.